The number of ether oxygens (including phenoxy) is 2. The summed E-state index contributed by atoms with van der Waals surface area (Å²) in [5.41, 5.74) is 1.24. The average molecular weight is 339 g/mol. The molecule has 5 nitrogen and oxygen atoms in total. The van der Waals surface area contributed by atoms with Crippen molar-refractivity contribution in [2.75, 3.05) is 26.3 Å². The van der Waals surface area contributed by atoms with Crippen LogP contribution in [0.5, 0.6) is 5.75 Å². The van der Waals surface area contributed by atoms with Crippen molar-refractivity contribution in [1.29, 1.82) is 0 Å². The smallest absolute Gasteiger partial charge is 0.260 e. The molecule has 2 aromatic carbocycles. The molecule has 1 saturated heterocycles. The fourth-order valence-corrected chi connectivity index (χ4v) is 2.74. The van der Waals surface area contributed by atoms with Crippen LogP contribution in [-0.4, -0.2) is 49.0 Å². The number of benzene rings is 2. The number of amides is 1. The van der Waals surface area contributed by atoms with Crippen molar-refractivity contribution in [1.82, 2.24) is 4.90 Å². The Bertz CT molecular complexity index is 727. The lowest BCUT2D eigenvalue weighted by Crippen LogP contribution is -2.46. The van der Waals surface area contributed by atoms with E-state index in [0.29, 0.717) is 36.6 Å². The first kappa shape index (κ1) is 17.2. The summed E-state index contributed by atoms with van der Waals surface area (Å²) in [5, 5.41) is 0. The molecule has 3 rings (SSSR count). The quantitative estimate of drug-likeness (QED) is 0.786. The third-order valence-electron chi connectivity index (χ3n) is 4.11. The predicted octanol–water partition coefficient (Wildman–Crippen LogP) is 2.54. The first-order valence-corrected chi connectivity index (χ1v) is 8.35. The van der Waals surface area contributed by atoms with Crippen LogP contribution in [0, 0.1) is 0 Å². The molecular formula is C20H21NO4. The van der Waals surface area contributed by atoms with E-state index >= 15 is 0 Å². The summed E-state index contributed by atoms with van der Waals surface area (Å²) >= 11 is 0. The maximum atomic E-state index is 12.3. The number of hydrogen-bond donors (Lipinski definition) is 0. The van der Waals surface area contributed by atoms with Gasteiger partial charge in [-0.3, -0.25) is 9.59 Å². The van der Waals surface area contributed by atoms with Crippen molar-refractivity contribution in [3.05, 3.63) is 65.7 Å². The summed E-state index contributed by atoms with van der Waals surface area (Å²) in [6.45, 7) is 3.68. The zero-order valence-electron chi connectivity index (χ0n) is 14.2. The summed E-state index contributed by atoms with van der Waals surface area (Å²) in [6, 6.07) is 16.0. The van der Waals surface area contributed by atoms with Gasteiger partial charge in [-0.15, -0.1) is 0 Å². The fraction of sp³-hybridized carbons (Fsp3) is 0.300. The van der Waals surface area contributed by atoms with Gasteiger partial charge in [0.15, 0.2) is 12.4 Å². The largest absolute Gasteiger partial charge is 0.484 e. The summed E-state index contributed by atoms with van der Waals surface area (Å²) in [6.07, 6.45) is 0.0565. The number of ketones is 1. The first-order chi connectivity index (χ1) is 12.1. The molecule has 0 aliphatic carbocycles. The molecule has 2 aromatic rings. The van der Waals surface area contributed by atoms with Crippen LogP contribution in [0.25, 0.3) is 0 Å². The van der Waals surface area contributed by atoms with Crippen LogP contribution in [0.15, 0.2) is 54.6 Å². The SMILES string of the molecule is CC1CN(C(=O)COc2ccc(C(=O)c3ccccc3)cc2)CCO1. The van der Waals surface area contributed by atoms with Gasteiger partial charge >= 0.3 is 0 Å². The van der Waals surface area contributed by atoms with E-state index in [-0.39, 0.29) is 24.4 Å². The topological polar surface area (TPSA) is 55.8 Å². The van der Waals surface area contributed by atoms with Gasteiger partial charge in [0.25, 0.3) is 5.91 Å². The highest BCUT2D eigenvalue weighted by atomic mass is 16.5. The molecular weight excluding hydrogens is 318 g/mol. The highest BCUT2D eigenvalue weighted by molar-refractivity contribution is 6.08. The number of carbonyl (C=O) groups excluding carboxylic acids is 2. The highest BCUT2D eigenvalue weighted by Gasteiger charge is 2.21. The van der Waals surface area contributed by atoms with Gasteiger partial charge in [0.1, 0.15) is 5.75 Å². The molecule has 1 aliphatic rings. The molecule has 130 valence electrons. The minimum absolute atomic E-state index is 0.0152. The second-order valence-corrected chi connectivity index (χ2v) is 6.03. The average Bonchev–Trinajstić information content (AvgIpc) is 2.66. The normalized spacial score (nSPS) is 17.2. The molecule has 1 heterocycles. The number of rotatable bonds is 5. The number of nitrogens with zero attached hydrogens (tertiary/aromatic N) is 1. The van der Waals surface area contributed by atoms with Crippen molar-refractivity contribution >= 4 is 11.7 Å². The van der Waals surface area contributed by atoms with Crippen LogP contribution in [0.3, 0.4) is 0 Å². The molecule has 0 saturated carbocycles. The Morgan fingerprint density at radius 2 is 1.76 bits per heavy atom. The van der Waals surface area contributed by atoms with Gasteiger partial charge < -0.3 is 14.4 Å². The van der Waals surface area contributed by atoms with Crippen LogP contribution in [0.1, 0.15) is 22.8 Å². The Hall–Kier alpha value is -2.66. The zero-order chi connectivity index (χ0) is 17.6. The lowest BCUT2D eigenvalue weighted by molar-refractivity contribution is -0.140. The number of carbonyl (C=O) groups is 2. The monoisotopic (exact) mass is 339 g/mol. The van der Waals surface area contributed by atoms with Gasteiger partial charge in [-0.05, 0) is 31.2 Å². The molecule has 1 atom stereocenters. The number of hydrogen-bond acceptors (Lipinski definition) is 4. The number of morpholine rings is 1. The van der Waals surface area contributed by atoms with Crippen molar-refractivity contribution in [2.24, 2.45) is 0 Å². The van der Waals surface area contributed by atoms with E-state index in [1.165, 1.54) is 0 Å². The maximum absolute atomic E-state index is 12.3. The lowest BCUT2D eigenvalue weighted by Gasteiger charge is -2.31. The molecule has 0 N–H and O–H groups in total. The van der Waals surface area contributed by atoms with Gasteiger partial charge in [0.2, 0.25) is 0 Å². The molecule has 1 aliphatic heterocycles. The first-order valence-electron chi connectivity index (χ1n) is 8.35. The van der Waals surface area contributed by atoms with E-state index < -0.39 is 0 Å². The molecule has 1 fully saturated rings. The molecule has 0 bridgehead atoms. The molecule has 0 aromatic heterocycles. The van der Waals surface area contributed by atoms with Crippen molar-refractivity contribution < 1.29 is 19.1 Å². The minimum atomic E-state index is -0.0559. The minimum Gasteiger partial charge on any atom is -0.484 e. The van der Waals surface area contributed by atoms with Gasteiger partial charge in [-0.1, -0.05) is 30.3 Å². The Labute approximate surface area is 147 Å². The van der Waals surface area contributed by atoms with Crippen LogP contribution < -0.4 is 4.74 Å². The van der Waals surface area contributed by atoms with Crippen LogP contribution in [-0.2, 0) is 9.53 Å². The van der Waals surface area contributed by atoms with Crippen molar-refractivity contribution in [3.63, 3.8) is 0 Å². The fourth-order valence-electron chi connectivity index (χ4n) is 2.74. The Morgan fingerprint density at radius 3 is 2.44 bits per heavy atom. The van der Waals surface area contributed by atoms with Gasteiger partial charge in [0.05, 0.1) is 12.7 Å². The predicted molar refractivity (Wildman–Crippen MR) is 93.8 cm³/mol. The van der Waals surface area contributed by atoms with E-state index in [1.54, 1.807) is 41.3 Å². The third-order valence-corrected chi connectivity index (χ3v) is 4.11. The Balaban J connectivity index is 1.56. The highest BCUT2D eigenvalue weighted by Crippen LogP contribution is 2.16. The Morgan fingerprint density at radius 1 is 1.08 bits per heavy atom. The standard InChI is InChI=1S/C20H21NO4/c1-15-13-21(11-12-24-15)19(22)14-25-18-9-7-17(8-10-18)20(23)16-5-3-2-4-6-16/h2-10,15H,11-14H2,1H3. The summed E-state index contributed by atoms with van der Waals surface area (Å²) in [5.74, 6) is 0.476. The van der Waals surface area contributed by atoms with Crippen molar-refractivity contribution in [2.45, 2.75) is 13.0 Å². The third kappa shape index (κ3) is 4.45. The van der Waals surface area contributed by atoms with Gasteiger partial charge in [-0.2, -0.15) is 0 Å². The molecule has 0 radical (unpaired) electrons. The maximum Gasteiger partial charge on any atom is 0.260 e. The summed E-state index contributed by atoms with van der Waals surface area (Å²) in [4.78, 5) is 26.3. The van der Waals surface area contributed by atoms with Crippen LogP contribution in [0.2, 0.25) is 0 Å². The van der Waals surface area contributed by atoms with Crippen LogP contribution in [0.4, 0.5) is 0 Å². The van der Waals surface area contributed by atoms with E-state index in [0.717, 1.165) is 0 Å². The molecule has 1 amide bonds. The molecule has 1 unspecified atom stereocenters. The summed E-state index contributed by atoms with van der Waals surface area (Å²) in [7, 11) is 0. The van der Waals surface area contributed by atoms with Crippen molar-refractivity contribution in [3.8, 4) is 5.75 Å². The lowest BCUT2D eigenvalue weighted by atomic mass is 10.0. The second kappa shape index (κ2) is 7.94. The molecule has 25 heavy (non-hydrogen) atoms. The van der Waals surface area contributed by atoms with E-state index in [4.69, 9.17) is 9.47 Å². The zero-order valence-corrected chi connectivity index (χ0v) is 14.2. The van der Waals surface area contributed by atoms with E-state index in [1.807, 2.05) is 25.1 Å². The second-order valence-electron chi connectivity index (χ2n) is 6.03. The molecule has 0 spiro atoms. The van der Waals surface area contributed by atoms with Gasteiger partial charge in [0, 0.05) is 24.2 Å². The van der Waals surface area contributed by atoms with E-state index in [9.17, 15) is 9.59 Å². The molecule has 5 heteroatoms. The van der Waals surface area contributed by atoms with Gasteiger partial charge in [-0.25, -0.2) is 0 Å². The van der Waals surface area contributed by atoms with Crippen LogP contribution >= 0.6 is 0 Å². The van der Waals surface area contributed by atoms with E-state index in [2.05, 4.69) is 0 Å². The Kier molecular flexibility index (Phi) is 5.46. The summed E-state index contributed by atoms with van der Waals surface area (Å²) < 4.78 is 11.0.